The van der Waals surface area contributed by atoms with Gasteiger partial charge in [-0.2, -0.15) is 4.98 Å². The van der Waals surface area contributed by atoms with Gasteiger partial charge in [0.2, 0.25) is 0 Å². The molecular formula is C14H22N4O3. The Morgan fingerprint density at radius 3 is 2.62 bits per heavy atom. The Bertz CT molecular complexity index is 478. The molecule has 1 saturated carbocycles. The number of amides is 2. The molecule has 116 valence electrons. The van der Waals surface area contributed by atoms with Crippen LogP contribution in [-0.2, 0) is 11.2 Å². The number of carbonyl (C=O) groups excluding carboxylic acids is 1. The predicted molar refractivity (Wildman–Crippen MR) is 76.0 cm³/mol. The molecule has 1 N–H and O–H groups in total. The minimum absolute atomic E-state index is 0.171. The number of anilines is 1. The first-order valence-corrected chi connectivity index (χ1v) is 7.78. The molecule has 1 aromatic rings. The summed E-state index contributed by atoms with van der Waals surface area (Å²) < 4.78 is 11.0. The van der Waals surface area contributed by atoms with E-state index in [1.54, 1.807) is 4.90 Å². The van der Waals surface area contributed by atoms with Crippen molar-refractivity contribution in [1.82, 2.24) is 15.0 Å². The number of ether oxygens (including phenoxy) is 1. The average molecular weight is 294 g/mol. The second-order valence-corrected chi connectivity index (χ2v) is 5.67. The molecule has 2 heterocycles. The monoisotopic (exact) mass is 294 g/mol. The number of piperidine rings is 1. The highest BCUT2D eigenvalue weighted by molar-refractivity contribution is 5.87. The fourth-order valence-electron chi connectivity index (χ4n) is 2.59. The lowest BCUT2D eigenvalue weighted by molar-refractivity contribution is -0.0694. The maximum absolute atomic E-state index is 12.1. The predicted octanol–water partition coefficient (Wildman–Crippen LogP) is 2.20. The van der Waals surface area contributed by atoms with Crippen molar-refractivity contribution < 1.29 is 14.1 Å². The van der Waals surface area contributed by atoms with E-state index in [9.17, 15) is 4.79 Å². The van der Waals surface area contributed by atoms with E-state index in [4.69, 9.17) is 9.26 Å². The molecule has 1 aromatic heterocycles. The van der Waals surface area contributed by atoms with Gasteiger partial charge in [-0.1, -0.05) is 12.1 Å². The number of nitrogens with one attached hydrogen (secondary N) is 1. The van der Waals surface area contributed by atoms with Crippen LogP contribution in [0.1, 0.15) is 44.9 Å². The Labute approximate surface area is 124 Å². The summed E-state index contributed by atoms with van der Waals surface area (Å²) in [5.74, 6) is 0.595. The molecule has 3 rings (SSSR count). The molecule has 2 aliphatic rings. The molecule has 0 bridgehead atoms. The molecule has 0 aromatic carbocycles. The van der Waals surface area contributed by atoms with E-state index in [2.05, 4.69) is 15.5 Å². The topological polar surface area (TPSA) is 80.5 Å². The van der Waals surface area contributed by atoms with Crippen LogP contribution in [0.5, 0.6) is 0 Å². The Morgan fingerprint density at radius 1 is 1.33 bits per heavy atom. The number of aryl methyl sites for hydroxylation is 1. The number of hydrogen-bond donors (Lipinski definition) is 1. The number of nitrogens with zero attached hydrogens (tertiary/aromatic N) is 3. The standard InChI is InChI=1S/C14H22N4O3/c1-2-12-15-13(21-17-12)16-14(19)18-8-6-11(7-9-18)20-10-4-3-5-10/h10-11H,2-9H2,1H3,(H,15,16,17,19). The maximum Gasteiger partial charge on any atom is 0.329 e. The van der Waals surface area contributed by atoms with Gasteiger partial charge in [-0.15, -0.1) is 0 Å². The lowest BCUT2D eigenvalue weighted by Crippen LogP contribution is -2.44. The average Bonchev–Trinajstić information content (AvgIpc) is 2.91. The van der Waals surface area contributed by atoms with E-state index in [0.29, 0.717) is 37.5 Å². The first-order chi connectivity index (χ1) is 10.2. The maximum atomic E-state index is 12.1. The summed E-state index contributed by atoms with van der Waals surface area (Å²) in [5, 5.41) is 6.40. The van der Waals surface area contributed by atoms with Crippen molar-refractivity contribution >= 4 is 12.0 Å². The summed E-state index contributed by atoms with van der Waals surface area (Å²) >= 11 is 0. The van der Waals surface area contributed by atoms with Crippen molar-refractivity contribution in [1.29, 1.82) is 0 Å². The molecule has 0 spiro atoms. The Balaban J connectivity index is 1.43. The van der Waals surface area contributed by atoms with Crippen molar-refractivity contribution in [2.45, 2.75) is 57.7 Å². The largest absolute Gasteiger partial charge is 0.375 e. The molecular weight excluding hydrogens is 272 g/mol. The normalized spacial score (nSPS) is 20.3. The van der Waals surface area contributed by atoms with Crippen molar-refractivity contribution in [3.05, 3.63) is 5.82 Å². The van der Waals surface area contributed by atoms with Crippen LogP contribution in [0.4, 0.5) is 10.8 Å². The van der Waals surface area contributed by atoms with Crippen LogP contribution in [0.3, 0.4) is 0 Å². The quantitative estimate of drug-likeness (QED) is 0.920. The van der Waals surface area contributed by atoms with Gasteiger partial charge < -0.3 is 14.2 Å². The van der Waals surface area contributed by atoms with E-state index < -0.39 is 0 Å². The number of carbonyl (C=O) groups is 1. The zero-order chi connectivity index (χ0) is 14.7. The van der Waals surface area contributed by atoms with Crippen molar-refractivity contribution in [2.24, 2.45) is 0 Å². The third-order valence-electron chi connectivity index (χ3n) is 4.16. The molecule has 2 amide bonds. The molecule has 0 atom stereocenters. The summed E-state index contributed by atoms with van der Waals surface area (Å²) in [5.41, 5.74) is 0. The van der Waals surface area contributed by atoms with Gasteiger partial charge in [-0.25, -0.2) is 4.79 Å². The van der Waals surface area contributed by atoms with Gasteiger partial charge in [-0.3, -0.25) is 5.32 Å². The minimum Gasteiger partial charge on any atom is -0.375 e. The molecule has 7 nitrogen and oxygen atoms in total. The van der Waals surface area contributed by atoms with E-state index >= 15 is 0 Å². The molecule has 7 heteroatoms. The highest BCUT2D eigenvalue weighted by atomic mass is 16.5. The summed E-state index contributed by atoms with van der Waals surface area (Å²) in [6, 6.07) is -0.00640. The van der Waals surface area contributed by atoms with E-state index in [1.807, 2.05) is 6.92 Å². The van der Waals surface area contributed by atoms with E-state index in [0.717, 1.165) is 12.8 Å². The third kappa shape index (κ3) is 3.53. The molecule has 21 heavy (non-hydrogen) atoms. The Kier molecular flexibility index (Phi) is 4.38. The van der Waals surface area contributed by atoms with Crippen LogP contribution < -0.4 is 5.32 Å². The zero-order valence-electron chi connectivity index (χ0n) is 12.4. The number of urea groups is 1. The lowest BCUT2D eigenvalue weighted by Gasteiger charge is -2.36. The van der Waals surface area contributed by atoms with Crippen LogP contribution in [0.2, 0.25) is 0 Å². The van der Waals surface area contributed by atoms with Gasteiger partial charge in [0.25, 0.3) is 0 Å². The molecule has 2 fully saturated rings. The van der Waals surface area contributed by atoms with Crippen LogP contribution in [-0.4, -0.2) is 46.4 Å². The summed E-state index contributed by atoms with van der Waals surface area (Å²) in [6.45, 7) is 3.35. The summed E-state index contributed by atoms with van der Waals surface area (Å²) in [6.07, 6.45) is 6.91. The van der Waals surface area contributed by atoms with Crippen LogP contribution >= 0.6 is 0 Å². The van der Waals surface area contributed by atoms with Crippen molar-refractivity contribution in [2.75, 3.05) is 18.4 Å². The zero-order valence-corrected chi connectivity index (χ0v) is 12.4. The number of likely N-dealkylation sites (tertiary alicyclic amines) is 1. The first-order valence-electron chi connectivity index (χ1n) is 7.78. The molecule has 0 radical (unpaired) electrons. The van der Waals surface area contributed by atoms with Gasteiger partial charge in [0.15, 0.2) is 5.82 Å². The van der Waals surface area contributed by atoms with Crippen molar-refractivity contribution in [3.8, 4) is 0 Å². The number of rotatable bonds is 4. The van der Waals surface area contributed by atoms with E-state index in [-0.39, 0.29) is 12.0 Å². The van der Waals surface area contributed by atoms with Gasteiger partial charge in [0.05, 0.1) is 12.2 Å². The Morgan fingerprint density at radius 2 is 2.05 bits per heavy atom. The van der Waals surface area contributed by atoms with Crippen LogP contribution in [0.25, 0.3) is 0 Å². The number of aromatic nitrogens is 2. The van der Waals surface area contributed by atoms with Crippen LogP contribution in [0, 0.1) is 0 Å². The summed E-state index contributed by atoms with van der Waals surface area (Å²) in [7, 11) is 0. The highest BCUT2D eigenvalue weighted by Gasteiger charge is 2.28. The molecule has 1 aliphatic carbocycles. The smallest absolute Gasteiger partial charge is 0.329 e. The Hall–Kier alpha value is -1.63. The van der Waals surface area contributed by atoms with Crippen LogP contribution in [0.15, 0.2) is 4.52 Å². The van der Waals surface area contributed by atoms with E-state index in [1.165, 1.54) is 19.3 Å². The second-order valence-electron chi connectivity index (χ2n) is 5.67. The van der Waals surface area contributed by atoms with Gasteiger partial charge >= 0.3 is 12.0 Å². The van der Waals surface area contributed by atoms with Gasteiger partial charge in [-0.05, 0) is 32.1 Å². The van der Waals surface area contributed by atoms with Gasteiger partial charge in [0, 0.05) is 19.5 Å². The fraction of sp³-hybridized carbons (Fsp3) is 0.786. The van der Waals surface area contributed by atoms with Crippen molar-refractivity contribution in [3.63, 3.8) is 0 Å². The SMILES string of the molecule is CCc1noc(NC(=O)N2CCC(OC3CCC3)CC2)n1. The number of hydrogen-bond acceptors (Lipinski definition) is 5. The fourth-order valence-corrected chi connectivity index (χ4v) is 2.59. The highest BCUT2D eigenvalue weighted by Crippen LogP contribution is 2.26. The minimum atomic E-state index is -0.177. The first kappa shape index (κ1) is 14.3. The molecule has 0 unspecified atom stereocenters. The second kappa shape index (κ2) is 6.43. The summed E-state index contributed by atoms with van der Waals surface area (Å²) in [4.78, 5) is 18.0. The molecule has 1 aliphatic heterocycles. The third-order valence-corrected chi connectivity index (χ3v) is 4.16. The van der Waals surface area contributed by atoms with Gasteiger partial charge in [0.1, 0.15) is 0 Å². The molecule has 1 saturated heterocycles. The lowest BCUT2D eigenvalue weighted by atomic mass is 9.95.